The second-order valence-corrected chi connectivity index (χ2v) is 23.1. The molecule has 0 spiro atoms. The maximum absolute atomic E-state index is 15.5. The van der Waals surface area contributed by atoms with Gasteiger partial charge in [-0.2, -0.15) is 0 Å². The molecule has 6 atom stereocenters. The first-order chi connectivity index (χ1) is 43.1. The van der Waals surface area contributed by atoms with E-state index in [-0.39, 0.29) is 80.4 Å². The van der Waals surface area contributed by atoms with Gasteiger partial charge in [0.05, 0.1) is 60.9 Å². The lowest BCUT2D eigenvalue weighted by Gasteiger charge is -2.33. The zero-order valence-corrected chi connectivity index (χ0v) is 47.6. The van der Waals surface area contributed by atoms with E-state index in [0.717, 1.165) is 35.5 Å². The molecule has 6 unspecified atom stereocenters. The second kappa shape index (κ2) is 23.0. The van der Waals surface area contributed by atoms with Gasteiger partial charge < -0.3 is 47.4 Å². The highest BCUT2D eigenvalue weighted by Crippen LogP contribution is 2.58. The molecule has 0 radical (unpaired) electrons. The summed E-state index contributed by atoms with van der Waals surface area (Å²) in [5.74, 6) is -2.79. The van der Waals surface area contributed by atoms with Crippen molar-refractivity contribution in [2.45, 2.75) is 88.0 Å². The smallest absolute Gasteiger partial charge is 0.326 e. The number of esters is 2. The van der Waals surface area contributed by atoms with Crippen LogP contribution in [0.4, 0.5) is 0 Å². The van der Waals surface area contributed by atoms with Gasteiger partial charge in [-0.15, -0.1) is 0 Å². The van der Waals surface area contributed by atoms with Crippen LogP contribution in [0, 0.1) is 0 Å². The molecule has 15 rings (SSSR count). The number of epoxide rings is 2. The molecule has 88 heavy (non-hydrogen) atoms. The van der Waals surface area contributed by atoms with Gasteiger partial charge >= 0.3 is 11.9 Å². The summed E-state index contributed by atoms with van der Waals surface area (Å²) in [6, 6.07) is 41.9. The Hall–Kier alpha value is -9.46. The minimum absolute atomic E-state index is 0.0233. The van der Waals surface area contributed by atoms with Gasteiger partial charge in [0.1, 0.15) is 83.5 Å². The number of para-hydroxylation sites is 4. The minimum Gasteiger partial charge on any atom is -0.461 e. The molecular weight excluding hydrogens is 1120 g/mol. The number of carbonyl (C=O) groups excluding carboxylic acids is 6. The van der Waals surface area contributed by atoms with Gasteiger partial charge in [-0.3, -0.25) is 38.6 Å². The van der Waals surface area contributed by atoms with Crippen molar-refractivity contribution in [1.82, 2.24) is 9.80 Å². The number of hydrogen-bond donors (Lipinski definition) is 0. The number of amides is 4. The topological polar surface area (TPSA) is 208 Å². The van der Waals surface area contributed by atoms with Crippen LogP contribution >= 0.6 is 0 Å². The van der Waals surface area contributed by atoms with E-state index in [4.69, 9.17) is 47.4 Å². The van der Waals surface area contributed by atoms with Crippen molar-refractivity contribution in [3.63, 3.8) is 0 Å². The third-order valence-electron chi connectivity index (χ3n) is 17.1. The van der Waals surface area contributed by atoms with Gasteiger partial charge in [0.25, 0.3) is 23.6 Å². The van der Waals surface area contributed by atoms with Crippen molar-refractivity contribution < 1.29 is 76.1 Å². The van der Waals surface area contributed by atoms with Gasteiger partial charge in [0.2, 0.25) is 0 Å². The fraction of sp³-hybridized carbons (Fsp3) is 0.286. The Kier molecular flexibility index (Phi) is 14.4. The zero-order chi connectivity index (χ0) is 59.6. The lowest BCUT2D eigenvalue weighted by molar-refractivity contribution is -0.154. The highest BCUT2D eigenvalue weighted by atomic mass is 16.6. The first kappa shape index (κ1) is 55.1. The summed E-state index contributed by atoms with van der Waals surface area (Å²) < 4.78 is 62.8. The van der Waals surface area contributed by atoms with Crippen LogP contribution in [-0.2, 0) is 38.0 Å². The van der Waals surface area contributed by atoms with E-state index >= 15 is 19.2 Å². The molecule has 0 N–H and O–H groups in total. The Morgan fingerprint density at radius 3 is 0.955 bits per heavy atom. The first-order valence-electron chi connectivity index (χ1n) is 29.9. The summed E-state index contributed by atoms with van der Waals surface area (Å²) in [4.78, 5) is 92.1. The normalized spacial score (nSPS) is 21.3. The molecule has 0 aromatic heterocycles. The van der Waals surface area contributed by atoms with Crippen molar-refractivity contribution in [2.24, 2.45) is 0 Å². The molecule has 6 aliphatic rings. The molecule has 18 heteroatoms. The van der Waals surface area contributed by atoms with E-state index < -0.39 is 60.9 Å². The first-order valence-corrected chi connectivity index (χ1v) is 29.9. The second-order valence-electron chi connectivity index (χ2n) is 23.1. The van der Waals surface area contributed by atoms with Crippen LogP contribution in [-0.4, -0.2) is 122 Å². The van der Waals surface area contributed by atoms with Crippen LogP contribution in [0.5, 0.6) is 46.0 Å². The van der Waals surface area contributed by atoms with E-state index in [9.17, 15) is 9.59 Å². The van der Waals surface area contributed by atoms with Gasteiger partial charge in [-0.05, 0) is 111 Å². The number of nitrogens with zero attached hydrogens (tertiary/aromatic N) is 2. The van der Waals surface area contributed by atoms with E-state index in [1.807, 2.05) is 24.3 Å². The van der Waals surface area contributed by atoms with Crippen molar-refractivity contribution in [3.05, 3.63) is 168 Å². The van der Waals surface area contributed by atoms with Crippen LogP contribution in [0.15, 0.2) is 146 Å². The number of hydrogen-bond acceptors (Lipinski definition) is 16. The third kappa shape index (κ3) is 10.6. The van der Waals surface area contributed by atoms with Crippen molar-refractivity contribution in [2.75, 3.05) is 39.5 Å². The third-order valence-corrected chi connectivity index (χ3v) is 17.1. The Morgan fingerprint density at radius 1 is 0.386 bits per heavy atom. The standard InChI is InChI=1S/C70H58N2O16/c73-57(87-45-25-13-23-43(27-45)79-35-47-37-81-47)33-71-67(75)49-29-53(83-39-15-5-1-6-16-39)61-62-54(84-40-17-7-2-8-18-40)30-51-60-52(70(78)72(69(51)77)34-58(74)88-46-26-14-24-44(28-46)80-36-48-38-82-48)32-56(86-42-21-11-4-12-22-42)64(66(60)62)63-55(85-41-19-9-3-10-20-41)31-50(68(71)76)59(49)65(61)63/h1-12,15-22,29-32,43-48H,13-14,23-28,33-38H2. The van der Waals surface area contributed by atoms with Crippen molar-refractivity contribution in [1.29, 1.82) is 0 Å². The zero-order valence-electron chi connectivity index (χ0n) is 47.6. The molecule has 4 heterocycles. The van der Waals surface area contributed by atoms with Crippen LogP contribution in [0.2, 0.25) is 0 Å². The number of benzene rings is 9. The van der Waals surface area contributed by atoms with E-state index in [1.54, 1.807) is 121 Å². The van der Waals surface area contributed by atoms with E-state index in [0.29, 0.717) is 107 Å². The highest BCUT2D eigenvalue weighted by molar-refractivity contribution is 6.45. The fourth-order valence-electron chi connectivity index (χ4n) is 12.9. The Labute approximate surface area is 503 Å². The van der Waals surface area contributed by atoms with E-state index in [2.05, 4.69) is 0 Å². The summed E-state index contributed by atoms with van der Waals surface area (Å²) >= 11 is 0. The molecule has 9 aromatic carbocycles. The quantitative estimate of drug-likeness (QED) is 0.0228. The monoisotopic (exact) mass is 1180 g/mol. The molecule has 2 aliphatic carbocycles. The fourth-order valence-corrected chi connectivity index (χ4v) is 12.9. The average molecular weight is 1180 g/mol. The molecule has 4 amide bonds. The van der Waals surface area contributed by atoms with Gasteiger partial charge in [-0.1, -0.05) is 72.8 Å². The molecule has 18 nitrogen and oxygen atoms in total. The van der Waals surface area contributed by atoms with Crippen molar-refractivity contribution >= 4 is 78.7 Å². The maximum atomic E-state index is 15.5. The average Bonchev–Trinajstić information content (AvgIpc) is 0.842. The van der Waals surface area contributed by atoms with Gasteiger partial charge in [0, 0.05) is 55.9 Å². The van der Waals surface area contributed by atoms with Crippen LogP contribution in [0.25, 0.3) is 43.1 Å². The number of ether oxygens (including phenoxy) is 10. The van der Waals surface area contributed by atoms with Gasteiger partial charge in [-0.25, -0.2) is 0 Å². The molecule has 0 bridgehead atoms. The molecule has 4 aliphatic heterocycles. The highest BCUT2D eigenvalue weighted by Gasteiger charge is 2.43. The molecule has 4 fully saturated rings. The number of fused-ring (bicyclic) bond motifs is 2. The number of rotatable bonds is 20. The van der Waals surface area contributed by atoms with Crippen LogP contribution in [0.1, 0.15) is 92.8 Å². The van der Waals surface area contributed by atoms with Gasteiger partial charge in [0.15, 0.2) is 0 Å². The number of carbonyl (C=O) groups is 6. The summed E-state index contributed by atoms with van der Waals surface area (Å²) in [5.41, 5.74) is 0.0931. The van der Waals surface area contributed by atoms with Crippen LogP contribution < -0.4 is 18.9 Å². The molecule has 2 saturated heterocycles. The minimum atomic E-state index is -0.788. The Morgan fingerprint density at radius 2 is 0.670 bits per heavy atom. The lowest BCUT2D eigenvalue weighted by atomic mass is 9.80. The molecule has 2 saturated carbocycles. The Bertz CT molecular complexity index is 3770. The predicted molar refractivity (Wildman–Crippen MR) is 320 cm³/mol. The summed E-state index contributed by atoms with van der Waals surface area (Å²) in [7, 11) is 0. The largest absolute Gasteiger partial charge is 0.461 e. The van der Waals surface area contributed by atoms with Crippen LogP contribution in [0.3, 0.4) is 0 Å². The predicted octanol–water partition coefficient (Wildman–Crippen LogP) is 12.6. The van der Waals surface area contributed by atoms with Crippen molar-refractivity contribution in [3.8, 4) is 46.0 Å². The summed E-state index contributed by atoms with van der Waals surface area (Å²) in [5, 5.41) is 2.27. The molecule has 444 valence electrons. The summed E-state index contributed by atoms with van der Waals surface area (Å²) in [6.07, 6.45) is 4.10. The Balaban J connectivity index is 0.941. The molecular formula is C70H58N2O16. The lowest BCUT2D eigenvalue weighted by Crippen LogP contribution is -2.45. The maximum Gasteiger partial charge on any atom is 0.326 e. The molecule has 9 aromatic rings. The number of imide groups is 2. The van der Waals surface area contributed by atoms with E-state index in [1.165, 1.54) is 0 Å². The summed E-state index contributed by atoms with van der Waals surface area (Å²) in [6.45, 7) is 0.822. The SMILES string of the molecule is O=C(CN1C(=O)c2cc(Oc3ccccc3)c3c4c(Oc5ccccc5)cc5c6c(cc(Oc7ccccc7)c(c7c(Oc8ccccc8)cc(c2c37)C1=O)c64)C(=O)N(CC(=O)OC1CCCC(OCC2CO2)C1)C5=O)OC1CCCC(OCC2CO2)C1.